The van der Waals surface area contributed by atoms with Crippen molar-refractivity contribution in [1.82, 2.24) is 4.57 Å². The second kappa shape index (κ2) is 4.37. The van der Waals surface area contributed by atoms with Gasteiger partial charge < -0.3 is 14.0 Å². The highest BCUT2D eigenvalue weighted by atomic mass is 16.7. The van der Waals surface area contributed by atoms with E-state index in [1.165, 1.54) is 0 Å². The van der Waals surface area contributed by atoms with Crippen LogP contribution in [0.15, 0.2) is 35.3 Å². The van der Waals surface area contributed by atoms with Gasteiger partial charge in [0.1, 0.15) is 5.75 Å². The molecule has 16 heavy (non-hydrogen) atoms. The first-order valence-corrected chi connectivity index (χ1v) is 4.94. The average Bonchev–Trinajstić information content (AvgIpc) is 2.31. The molecular formula is C12H13NO3. The molecule has 0 saturated carbocycles. The van der Waals surface area contributed by atoms with Crippen molar-refractivity contribution in [1.29, 1.82) is 0 Å². The van der Waals surface area contributed by atoms with E-state index >= 15 is 0 Å². The van der Waals surface area contributed by atoms with E-state index in [0.717, 1.165) is 5.39 Å². The zero-order valence-electron chi connectivity index (χ0n) is 9.27. The van der Waals surface area contributed by atoms with Crippen LogP contribution in [-0.4, -0.2) is 18.5 Å². The van der Waals surface area contributed by atoms with Crippen molar-refractivity contribution in [3.63, 3.8) is 0 Å². The maximum absolute atomic E-state index is 11.8. The van der Waals surface area contributed by atoms with Crippen LogP contribution >= 0.6 is 0 Å². The Morgan fingerprint density at radius 1 is 1.25 bits per heavy atom. The van der Waals surface area contributed by atoms with Crippen molar-refractivity contribution < 1.29 is 9.47 Å². The summed E-state index contributed by atoms with van der Waals surface area (Å²) in [6.45, 7) is 0.175. The van der Waals surface area contributed by atoms with Gasteiger partial charge in [-0.1, -0.05) is 6.07 Å². The first-order chi connectivity index (χ1) is 7.74. The largest absolute Gasteiger partial charge is 0.467 e. The minimum Gasteiger partial charge on any atom is -0.467 e. The smallest absolute Gasteiger partial charge is 0.258 e. The summed E-state index contributed by atoms with van der Waals surface area (Å²) in [7, 11) is 3.29. The number of hydrogen-bond donors (Lipinski definition) is 0. The van der Waals surface area contributed by atoms with E-state index in [2.05, 4.69) is 0 Å². The molecule has 2 rings (SSSR count). The van der Waals surface area contributed by atoms with Gasteiger partial charge in [0.2, 0.25) is 0 Å². The lowest BCUT2D eigenvalue weighted by Gasteiger charge is -2.08. The summed E-state index contributed by atoms with van der Waals surface area (Å²) < 4.78 is 11.8. The molecule has 1 heterocycles. The normalized spacial score (nSPS) is 10.6. The third-order valence-electron chi connectivity index (χ3n) is 2.41. The molecule has 0 aliphatic heterocycles. The van der Waals surface area contributed by atoms with Crippen molar-refractivity contribution in [2.24, 2.45) is 7.05 Å². The minimum atomic E-state index is -0.0274. The number of hydrogen-bond acceptors (Lipinski definition) is 3. The summed E-state index contributed by atoms with van der Waals surface area (Å²) in [5, 5.41) is 1.46. The SMILES string of the molecule is COCOc1cccc2c(=O)n(C)ccc12. The van der Waals surface area contributed by atoms with Gasteiger partial charge in [-0.05, 0) is 18.2 Å². The predicted molar refractivity (Wildman–Crippen MR) is 61.7 cm³/mol. The van der Waals surface area contributed by atoms with Crippen LogP contribution in [0, 0.1) is 0 Å². The fraction of sp³-hybridized carbons (Fsp3) is 0.250. The Morgan fingerprint density at radius 2 is 2.06 bits per heavy atom. The Morgan fingerprint density at radius 3 is 2.81 bits per heavy atom. The molecule has 4 nitrogen and oxygen atoms in total. The van der Waals surface area contributed by atoms with E-state index in [1.54, 1.807) is 37.1 Å². The van der Waals surface area contributed by atoms with Gasteiger partial charge in [-0.2, -0.15) is 0 Å². The average molecular weight is 219 g/mol. The molecule has 1 aromatic carbocycles. The van der Waals surface area contributed by atoms with Gasteiger partial charge in [-0.25, -0.2) is 0 Å². The van der Waals surface area contributed by atoms with Gasteiger partial charge in [-0.15, -0.1) is 0 Å². The first-order valence-electron chi connectivity index (χ1n) is 4.94. The minimum absolute atomic E-state index is 0.0274. The monoisotopic (exact) mass is 219 g/mol. The second-order valence-corrected chi connectivity index (χ2v) is 3.50. The standard InChI is InChI=1S/C12H13NO3/c1-13-7-6-9-10(12(13)14)4-3-5-11(9)16-8-15-2/h3-7H,8H2,1-2H3. The summed E-state index contributed by atoms with van der Waals surface area (Å²) in [6, 6.07) is 7.27. The number of ether oxygens (including phenoxy) is 2. The van der Waals surface area contributed by atoms with E-state index in [9.17, 15) is 4.79 Å². The van der Waals surface area contributed by atoms with Gasteiger partial charge in [0.25, 0.3) is 5.56 Å². The number of aromatic nitrogens is 1. The maximum Gasteiger partial charge on any atom is 0.258 e. The number of pyridine rings is 1. The highest BCUT2D eigenvalue weighted by Gasteiger charge is 2.05. The van der Waals surface area contributed by atoms with E-state index in [-0.39, 0.29) is 12.4 Å². The molecule has 84 valence electrons. The molecule has 2 aromatic rings. The molecule has 0 atom stereocenters. The lowest BCUT2D eigenvalue weighted by Crippen LogP contribution is -2.15. The van der Waals surface area contributed by atoms with Gasteiger partial charge in [0.15, 0.2) is 6.79 Å². The maximum atomic E-state index is 11.8. The third-order valence-corrected chi connectivity index (χ3v) is 2.41. The summed E-state index contributed by atoms with van der Waals surface area (Å²) >= 11 is 0. The van der Waals surface area contributed by atoms with Crippen LogP contribution in [0.5, 0.6) is 5.75 Å². The summed E-state index contributed by atoms with van der Waals surface area (Å²) in [5.41, 5.74) is -0.0274. The van der Waals surface area contributed by atoms with Crippen LogP contribution in [0.25, 0.3) is 10.8 Å². The molecule has 0 amide bonds. The quantitative estimate of drug-likeness (QED) is 0.735. The number of nitrogens with zero attached hydrogens (tertiary/aromatic N) is 1. The molecule has 0 unspecified atom stereocenters. The van der Waals surface area contributed by atoms with Crippen LogP contribution in [0.4, 0.5) is 0 Å². The van der Waals surface area contributed by atoms with Crippen molar-refractivity contribution >= 4 is 10.8 Å². The molecule has 0 saturated heterocycles. The zero-order valence-corrected chi connectivity index (χ0v) is 9.27. The number of methoxy groups -OCH3 is 1. The lowest BCUT2D eigenvalue weighted by molar-refractivity contribution is 0.0522. The summed E-state index contributed by atoms with van der Waals surface area (Å²) in [5.74, 6) is 0.664. The molecule has 0 N–H and O–H groups in total. The number of fused-ring (bicyclic) bond motifs is 1. The number of benzene rings is 1. The third kappa shape index (κ3) is 1.79. The van der Waals surface area contributed by atoms with Crippen LogP contribution in [-0.2, 0) is 11.8 Å². The fourth-order valence-electron chi connectivity index (χ4n) is 1.59. The highest BCUT2D eigenvalue weighted by Crippen LogP contribution is 2.22. The van der Waals surface area contributed by atoms with E-state index < -0.39 is 0 Å². The molecule has 1 aromatic heterocycles. The summed E-state index contributed by atoms with van der Waals surface area (Å²) in [4.78, 5) is 11.8. The zero-order chi connectivity index (χ0) is 11.5. The molecule has 4 heteroatoms. The van der Waals surface area contributed by atoms with Crippen LogP contribution in [0.3, 0.4) is 0 Å². The van der Waals surface area contributed by atoms with E-state index in [0.29, 0.717) is 11.1 Å². The fourth-order valence-corrected chi connectivity index (χ4v) is 1.59. The molecular weight excluding hydrogens is 206 g/mol. The van der Waals surface area contributed by atoms with Crippen molar-refractivity contribution in [3.8, 4) is 5.75 Å². The van der Waals surface area contributed by atoms with Crippen LogP contribution in [0.1, 0.15) is 0 Å². The highest BCUT2D eigenvalue weighted by molar-refractivity contribution is 5.87. The molecule has 0 aliphatic carbocycles. The van der Waals surface area contributed by atoms with Crippen molar-refractivity contribution in [2.45, 2.75) is 0 Å². The van der Waals surface area contributed by atoms with Gasteiger partial charge in [-0.3, -0.25) is 4.79 Å². The molecule has 0 radical (unpaired) electrons. The number of aryl methyl sites for hydroxylation is 1. The van der Waals surface area contributed by atoms with E-state index in [1.807, 2.05) is 12.1 Å². The van der Waals surface area contributed by atoms with Gasteiger partial charge in [0.05, 0.1) is 5.39 Å². The summed E-state index contributed by atoms with van der Waals surface area (Å²) in [6.07, 6.45) is 1.73. The lowest BCUT2D eigenvalue weighted by atomic mass is 10.1. The molecule has 0 bridgehead atoms. The Bertz CT molecular complexity index is 560. The van der Waals surface area contributed by atoms with Crippen LogP contribution in [0.2, 0.25) is 0 Å². The Labute approximate surface area is 93.0 Å². The van der Waals surface area contributed by atoms with Gasteiger partial charge in [0, 0.05) is 25.7 Å². The van der Waals surface area contributed by atoms with Crippen molar-refractivity contribution in [3.05, 3.63) is 40.8 Å². The first kappa shape index (κ1) is 10.7. The Kier molecular flexibility index (Phi) is 2.92. The molecule has 0 fully saturated rings. The second-order valence-electron chi connectivity index (χ2n) is 3.50. The number of rotatable bonds is 3. The Hall–Kier alpha value is -1.81. The molecule has 0 spiro atoms. The van der Waals surface area contributed by atoms with Crippen LogP contribution < -0.4 is 10.3 Å². The van der Waals surface area contributed by atoms with Crippen molar-refractivity contribution in [2.75, 3.05) is 13.9 Å². The molecule has 0 aliphatic rings. The predicted octanol–water partition coefficient (Wildman–Crippen LogP) is 1.52. The van der Waals surface area contributed by atoms with Gasteiger partial charge >= 0.3 is 0 Å². The Balaban J connectivity index is 2.60. The topological polar surface area (TPSA) is 40.5 Å². The van der Waals surface area contributed by atoms with E-state index in [4.69, 9.17) is 9.47 Å².